The van der Waals surface area contributed by atoms with Gasteiger partial charge in [0, 0.05) is 37.9 Å². The van der Waals surface area contributed by atoms with Gasteiger partial charge in [0.1, 0.15) is 54.4 Å². The van der Waals surface area contributed by atoms with Gasteiger partial charge in [-0.25, -0.2) is 4.98 Å². The third-order valence-electron chi connectivity index (χ3n) is 8.33. The van der Waals surface area contributed by atoms with Gasteiger partial charge in [-0.1, -0.05) is 60.7 Å². The molecule has 0 saturated carbocycles. The van der Waals surface area contributed by atoms with Crippen molar-refractivity contribution in [2.75, 3.05) is 26.3 Å². The molecule has 0 aliphatic carbocycles. The van der Waals surface area contributed by atoms with Crippen molar-refractivity contribution in [2.45, 2.75) is 25.4 Å². The van der Waals surface area contributed by atoms with E-state index >= 15 is 0 Å². The maximum atomic E-state index is 13.6. The topological polar surface area (TPSA) is 136 Å². The zero-order valence-corrected chi connectivity index (χ0v) is 28.4. The number of carbonyl (C=O) groups excluding carboxylic acids is 1. The summed E-state index contributed by atoms with van der Waals surface area (Å²) in [6.45, 7) is 1.67. The van der Waals surface area contributed by atoms with Crippen LogP contribution in [-0.4, -0.2) is 63.0 Å². The number of phenols is 1. The maximum absolute atomic E-state index is 13.6. The minimum Gasteiger partial charge on any atom is -0.507 e. The summed E-state index contributed by atoms with van der Waals surface area (Å²) in [4.78, 5) is 17.5. The van der Waals surface area contributed by atoms with E-state index in [-0.39, 0.29) is 43.4 Å². The Hall–Kier alpha value is -6.05. The normalized spacial score (nSPS) is 12.2. The zero-order chi connectivity index (χ0) is 37.4. The van der Waals surface area contributed by atoms with Crippen LogP contribution in [0.5, 0.6) is 17.2 Å². The number of ether oxygens (including phenoxy) is 2. The lowest BCUT2D eigenvalue weighted by atomic mass is 10.1. The summed E-state index contributed by atoms with van der Waals surface area (Å²) >= 11 is 0. The van der Waals surface area contributed by atoms with Gasteiger partial charge in [0.15, 0.2) is 5.69 Å². The highest BCUT2D eigenvalue weighted by Crippen LogP contribution is 2.34. The average molecular weight is 727 g/mol. The number of primary amides is 1. The monoisotopic (exact) mass is 726 g/mol. The molecule has 2 aromatic heterocycles. The standard InChI is InChI=1S/C40H37F3N4O6/c41-40(42,43)37-24-47(22-28-9-5-2-6-10-28)39(45-37)30-19-36(53-25-30)29-11-13-32(14-12-29)52-26-31(48)23-46(21-27-7-3-1-4-8-27)17-18-51-33-15-16-35(49)34(20-33)38(44)50/h1-16,19-20,24-25,31,48-49H,17-18,21-23,26H2,(H2,44,50). The molecule has 1 unspecified atom stereocenters. The molecular formula is C40H37F3N4O6. The summed E-state index contributed by atoms with van der Waals surface area (Å²) in [5.41, 5.74) is 7.24. The van der Waals surface area contributed by atoms with E-state index in [0.717, 1.165) is 17.3 Å². The first-order valence-electron chi connectivity index (χ1n) is 16.7. The van der Waals surface area contributed by atoms with Crippen LogP contribution in [0.4, 0.5) is 13.2 Å². The van der Waals surface area contributed by atoms with Crippen LogP contribution in [0.1, 0.15) is 27.2 Å². The van der Waals surface area contributed by atoms with Gasteiger partial charge in [0.05, 0.1) is 11.1 Å². The van der Waals surface area contributed by atoms with Crippen LogP contribution in [0, 0.1) is 0 Å². The van der Waals surface area contributed by atoms with Crippen molar-refractivity contribution in [3.05, 3.63) is 144 Å². The number of aromatic nitrogens is 2. The third-order valence-corrected chi connectivity index (χ3v) is 8.33. The quantitative estimate of drug-likeness (QED) is 0.0971. The number of aromatic hydroxyl groups is 1. The van der Waals surface area contributed by atoms with Gasteiger partial charge in [-0.2, -0.15) is 13.2 Å². The second kappa shape index (κ2) is 16.5. The Morgan fingerprint density at radius 3 is 2.25 bits per heavy atom. The largest absolute Gasteiger partial charge is 0.507 e. The molecule has 53 heavy (non-hydrogen) atoms. The molecule has 1 atom stereocenters. The van der Waals surface area contributed by atoms with Crippen LogP contribution in [0.25, 0.3) is 22.7 Å². The maximum Gasteiger partial charge on any atom is 0.434 e. The van der Waals surface area contributed by atoms with Gasteiger partial charge in [0.25, 0.3) is 5.91 Å². The summed E-state index contributed by atoms with van der Waals surface area (Å²) in [7, 11) is 0. The van der Waals surface area contributed by atoms with E-state index in [2.05, 4.69) is 4.98 Å². The summed E-state index contributed by atoms with van der Waals surface area (Å²) in [5, 5.41) is 20.8. The summed E-state index contributed by atoms with van der Waals surface area (Å²) in [5.74, 6) is 0.453. The van der Waals surface area contributed by atoms with E-state index in [9.17, 15) is 28.2 Å². The highest BCUT2D eigenvalue weighted by Gasteiger charge is 2.35. The second-order valence-corrected chi connectivity index (χ2v) is 12.4. The Balaban J connectivity index is 1.07. The Morgan fingerprint density at radius 1 is 0.887 bits per heavy atom. The van der Waals surface area contributed by atoms with Crippen molar-refractivity contribution in [2.24, 2.45) is 5.73 Å². The van der Waals surface area contributed by atoms with E-state index in [1.807, 2.05) is 65.6 Å². The Morgan fingerprint density at radius 2 is 1.57 bits per heavy atom. The number of carbonyl (C=O) groups is 1. The predicted molar refractivity (Wildman–Crippen MR) is 191 cm³/mol. The number of alkyl halides is 3. The first-order valence-corrected chi connectivity index (χ1v) is 16.7. The van der Waals surface area contributed by atoms with Crippen molar-refractivity contribution in [3.8, 4) is 40.0 Å². The van der Waals surface area contributed by atoms with E-state index < -0.39 is 23.9 Å². The van der Waals surface area contributed by atoms with Crippen molar-refractivity contribution >= 4 is 5.91 Å². The molecule has 2 heterocycles. The van der Waals surface area contributed by atoms with Crippen LogP contribution in [0.3, 0.4) is 0 Å². The van der Waals surface area contributed by atoms with Crippen molar-refractivity contribution in [1.29, 1.82) is 0 Å². The summed E-state index contributed by atoms with van der Waals surface area (Å²) in [6.07, 6.45) is -3.07. The molecule has 10 nitrogen and oxygen atoms in total. The van der Waals surface area contributed by atoms with Gasteiger partial charge in [-0.3, -0.25) is 9.69 Å². The second-order valence-electron chi connectivity index (χ2n) is 12.4. The number of nitrogens with two attached hydrogens (primary N) is 1. The molecule has 0 bridgehead atoms. The number of rotatable bonds is 16. The summed E-state index contributed by atoms with van der Waals surface area (Å²) < 4.78 is 59.7. The molecule has 4 N–H and O–H groups in total. The number of hydrogen-bond acceptors (Lipinski definition) is 8. The lowest BCUT2D eigenvalue weighted by Gasteiger charge is -2.25. The first kappa shape index (κ1) is 36.7. The number of furan rings is 1. The minimum atomic E-state index is -4.60. The fraction of sp³-hybridized carbons (Fsp3) is 0.200. The molecule has 4 aromatic carbocycles. The van der Waals surface area contributed by atoms with Gasteiger partial charge >= 0.3 is 6.18 Å². The van der Waals surface area contributed by atoms with E-state index in [1.165, 1.54) is 29.0 Å². The number of benzene rings is 4. The highest BCUT2D eigenvalue weighted by molar-refractivity contribution is 5.95. The number of amides is 1. The van der Waals surface area contributed by atoms with Crippen LogP contribution >= 0.6 is 0 Å². The number of halogens is 3. The van der Waals surface area contributed by atoms with Crippen molar-refractivity contribution in [3.63, 3.8) is 0 Å². The number of imidazole rings is 1. The smallest absolute Gasteiger partial charge is 0.434 e. The highest BCUT2D eigenvalue weighted by atomic mass is 19.4. The number of nitrogens with zero attached hydrogens (tertiary/aromatic N) is 3. The van der Waals surface area contributed by atoms with Crippen LogP contribution < -0.4 is 15.2 Å². The zero-order valence-electron chi connectivity index (χ0n) is 28.4. The molecule has 0 spiro atoms. The molecule has 6 aromatic rings. The fourth-order valence-electron chi connectivity index (χ4n) is 5.72. The molecule has 1 amide bonds. The SMILES string of the molecule is NC(=O)c1cc(OCCN(Cc2ccccc2)CC(O)COc2ccc(-c3cc(-c4nc(C(F)(F)F)cn4Cc4ccccc4)co3)cc2)ccc1O. The van der Waals surface area contributed by atoms with E-state index in [4.69, 9.17) is 19.6 Å². The van der Waals surface area contributed by atoms with Crippen LogP contribution in [0.2, 0.25) is 0 Å². The third kappa shape index (κ3) is 9.84. The van der Waals surface area contributed by atoms with Gasteiger partial charge in [-0.05, 0) is 59.7 Å². The number of hydrogen-bond donors (Lipinski definition) is 3. The first-order chi connectivity index (χ1) is 25.5. The van der Waals surface area contributed by atoms with Crippen molar-refractivity contribution in [1.82, 2.24) is 14.5 Å². The van der Waals surface area contributed by atoms with E-state index in [0.29, 0.717) is 41.5 Å². The fourth-order valence-corrected chi connectivity index (χ4v) is 5.72. The molecule has 0 saturated heterocycles. The Kier molecular flexibility index (Phi) is 11.5. The van der Waals surface area contributed by atoms with Crippen LogP contribution in [0.15, 0.2) is 126 Å². The van der Waals surface area contributed by atoms with Gasteiger partial charge < -0.3 is 34.4 Å². The number of aliphatic hydroxyl groups is 1. The minimum absolute atomic E-state index is 0.00192. The lowest BCUT2D eigenvalue weighted by Crippen LogP contribution is -2.37. The molecule has 13 heteroatoms. The van der Waals surface area contributed by atoms with Gasteiger partial charge in [-0.15, -0.1) is 0 Å². The average Bonchev–Trinajstić information content (AvgIpc) is 3.80. The summed E-state index contributed by atoms with van der Waals surface area (Å²) in [6, 6.07) is 31.8. The Bertz CT molecular complexity index is 2100. The molecule has 274 valence electrons. The molecule has 0 aliphatic heterocycles. The molecular weight excluding hydrogens is 689 g/mol. The molecule has 0 aliphatic rings. The lowest BCUT2D eigenvalue weighted by molar-refractivity contribution is -0.140. The molecule has 0 fully saturated rings. The van der Waals surface area contributed by atoms with Gasteiger partial charge in [0.2, 0.25) is 0 Å². The Labute approximate surface area is 303 Å². The molecule has 6 rings (SSSR count). The van der Waals surface area contributed by atoms with Crippen LogP contribution in [-0.2, 0) is 19.3 Å². The number of aliphatic hydroxyl groups excluding tert-OH is 1. The molecule has 0 radical (unpaired) electrons. The predicted octanol–water partition coefficient (Wildman–Crippen LogP) is 7.00. The van der Waals surface area contributed by atoms with Crippen molar-refractivity contribution < 1.29 is 42.1 Å². The van der Waals surface area contributed by atoms with E-state index in [1.54, 1.807) is 30.3 Å².